The summed E-state index contributed by atoms with van der Waals surface area (Å²) in [4.78, 5) is 22.4. The molecule has 8 heteroatoms. The van der Waals surface area contributed by atoms with E-state index in [1.807, 2.05) is 0 Å². The van der Waals surface area contributed by atoms with Gasteiger partial charge in [-0.25, -0.2) is 0 Å². The number of aliphatic carboxylic acids is 1. The Hall–Kier alpha value is -2.87. The zero-order chi connectivity index (χ0) is 19.5. The first-order chi connectivity index (χ1) is 12.1. The molecule has 0 saturated carbocycles. The molecule has 5 nitrogen and oxygen atoms in total. The molecule has 0 aromatic heterocycles. The van der Waals surface area contributed by atoms with Crippen LogP contribution in [-0.2, 0) is 15.8 Å². The van der Waals surface area contributed by atoms with Crippen molar-refractivity contribution >= 4 is 17.6 Å². The van der Waals surface area contributed by atoms with E-state index in [9.17, 15) is 22.8 Å². The fraction of sp³-hybridized carbons (Fsp3) is 0.222. The SMILES string of the molecule is Cc1cc(NC(=O)C[C@H](N)C(=O)O)ccc1-c1cccc(C(F)(F)F)c1. The van der Waals surface area contributed by atoms with Crippen LogP contribution in [0.4, 0.5) is 18.9 Å². The summed E-state index contributed by atoms with van der Waals surface area (Å²) in [6, 6.07) is 8.39. The molecule has 0 aliphatic rings. The number of nitrogens with two attached hydrogens (primary N) is 1. The molecule has 0 aliphatic carbocycles. The monoisotopic (exact) mass is 366 g/mol. The number of rotatable bonds is 5. The Morgan fingerprint density at radius 2 is 1.88 bits per heavy atom. The highest BCUT2D eigenvalue weighted by atomic mass is 19.4. The van der Waals surface area contributed by atoms with Gasteiger partial charge < -0.3 is 16.2 Å². The van der Waals surface area contributed by atoms with E-state index in [1.54, 1.807) is 25.1 Å². The number of amides is 1. The predicted octanol–water partition coefficient (Wildman–Crippen LogP) is 3.42. The third-order valence-corrected chi connectivity index (χ3v) is 3.73. The van der Waals surface area contributed by atoms with E-state index in [1.165, 1.54) is 12.1 Å². The maximum atomic E-state index is 12.9. The molecule has 1 atom stereocenters. The van der Waals surface area contributed by atoms with Gasteiger partial charge >= 0.3 is 12.1 Å². The van der Waals surface area contributed by atoms with Gasteiger partial charge in [0, 0.05) is 5.69 Å². The summed E-state index contributed by atoms with van der Waals surface area (Å²) >= 11 is 0. The molecular weight excluding hydrogens is 349 g/mol. The fourth-order valence-corrected chi connectivity index (χ4v) is 2.43. The highest BCUT2D eigenvalue weighted by Gasteiger charge is 2.30. The third-order valence-electron chi connectivity index (χ3n) is 3.73. The highest BCUT2D eigenvalue weighted by Crippen LogP contribution is 2.33. The molecule has 0 saturated heterocycles. The number of carbonyl (C=O) groups excluding carboxylic acids is 1. The Morgan fingerprint density at radius 3 is 2.46 bits per heavy atom. The standard InChI is InChI=1S/C18H17F3N2O3/c1-10-7-13(23-16(24)9-15(22)17(25)26)5-6-14(10)11-3-2-4-12(8-11)18(19,20)21/h2-8,15H,9,22H2,1H3,(H,23,24)(H,25,26)/t15-/m0/s1. The van der Waals surface area contributed by atoms with Crippen LogP contribution >= 0.6 is 0 Å². The lowest BCUT2D eigenvalue weighted by molar-refractivity contribution is -0.140. The van der Waals surface area contributed by atoms with Gasteiger partial charge in [0.25, 0.3) is 0 Å². The minimum absolute atomic E-state index is 0.385. The average molecular weight is 366 g/mol. The number of anilines is 1. The van der Waals surface area contributed by atoms with Crippen LogP contribution in [0.25, 0.3) is 11.1 Å². The van der Waals surface area contributed by atoms with E-state index in [-0.39, 0.29) is 6.42 Å². The second kappa shape index (κ2) is 7.57. The molecule has 0 bridgehead atoms. The Labute approximate surface area is 147 Å². The van der Waals surface area contributed by atoms with Crippen molar-refractivity contribution in [3.05, 3.63) is 53.6 Å². The summed E-state index contributed by atoms with van der Waals surface area (Å²) in [5.74, 6) is -1.85. The molecule has 4 N–H and O–H groups in total. The number of carboxylic acids is 1. The smallest absolute Gasteiger partial charge is 0.416 e. The molecule has 0 aliphatic heterocycles. The molecule has 0 unspecified atom stereocenters. The number of aryl methyl sites for hydroxylation is 1. The van der Waals surface area contributed by atoms with Crippen LogP contribution in [0.5, 0.6) is 0 Å². The molecule has 2 rings (SSSR count). The van der Waals surface area contributed by atoms with Crippen LogP contribution in [0, 0.1) is 6.92 Å². The maximum Gasteiger partial charge on any atom is 0.416 e. The zero-order valence-electron chi connectivity index (χ0n) is 13.8. The molecule has 0 spiro atoms. The summed E-state index contributed by atoms with van der Waals surface area (Å²) in [6.07, 6.45) is -4.81. The van der Waals surface area contributed by atoms with Gasteiger partial charge in [-0.1, -0.05) is 18.2 Å². The minimum Gasteiger partial charge on any atom is -0.480 e. The van der Waals surface area contributed by atoms with Crippen LogP contribution in [0.2, 0.25) is 0 Å². The lowest BCUT2D eigenvalue weighted by atomic mass is 9.98. The largest absolute Gasteiger partial charge is 0.480 e. The summed E-state index contributed by atoms with van der Waals surface area (Å²) in [7, 11) is 0. The average Bonchev–Trinajstić information content (AvgIpc) is 2.54. The van der Waals surface area contributed by atoms with Crippen LogP contribution in [0.3, 0.4) is 0 Å². The van der Waals surface area contributed by atoms with Crippen molar-refractivity contribution in [2.24, 2.45) is 5.73 Å². The van der Waals surface area contributed by atoms with Crippen molar-refractivity contribution in [1.29, 1.82) is 0 Å². The molecular formula is C18H17F3N2O3. The predicted molar refractivity (Wildman–Crippen MR) is 90.5 cm³/mol. The van der Waals surface area contributed by atoms with E-state index in [2.05, 4.69) is 5.32 Å². The number of carboxylic acid groups (broad SMARTS) is 1. The summed E-state index contributed by atoms with van der Waals surface area (Å²) in [6.45, 7) is 1.70. The van der Waals surface area contributed by atoms with Gasteiger partial charge in [0.15, 0.2) is 0 Å². The number of alkyl halides is 3. The van der Waals surface area contributed by atoms with Gasteiger partial charge in [0.2, 0.25) is 5.91 Å². The van der Waals surface area contributed by atoms with Crippen molar-refractivity contribution in [3.8, 4) is 11.1 Å². The van der Waals surface area contributed by atoms with Crippen molar-refractivity contribution in [3.63, 3.8) is 0 Å². The molecule has 138 valence electrons. The van der Waals surface area contributed by atoms with E-state index < -0.39 is 29.7 Å². The van der Waals surface area contributed by atoms with Crippen LogP contribution in [-0.4, -0.2) is 23.0 Å². The van der Waals surface area contributed by atoms with Crippen molar-refractivity contribution in [1.82, 2.24) is 0 Å². The van der Waals surface area contributed by atoms with Gasteiger partial charge in [-0.2, -0.15) is 13.2 Å². The second-order valence-corrected chi connectivity index (χ2v) is 5.81. The molecule has 2 aromatic carbocycles. The van der Waals surface area contributed by atoms with Crippen LogP contribution in [0.15, 0.2) is 42.5 Å². The number of nitrogens with one attached hydrogen (secondary N) is 1. The quantitative estimate of drug-likeness (QED) is 0.756. The number of hydrogen-bond acceptors (Lipinski definition) is 3. The first-order valence-electron chi connectivity index (χ1n) is 7.64. The highest BCUT2D eigenvalue weighted by molar-refractivity contribution is 5.94. The Balaban J connectivity index is 2.20. The number of benzene rings is 2. The van der Waals surface area contributed by atoms with E-state index in [4.69, 9.17) is 10.8 Å². The lowest BCUT2D eigenvalue weighted by Crippen LogP contribution is -2.34. The third kappa shape index (κ3) is 4.82. The van der Waals surface area contributed by atoms with Gasteiger partial charge in [0.1, 0.15) is 6.04 Å². The van der Waals surface area contributed by atoms with E-state index >= 15 is 0 Å². The number of halogens is 3. The fourth-order valence-electron chi connectivity index (χ4n) is 2.43. The topological polar surface area (TPSA) is 92.4 Å². The van der Waals surface area contributed by atoms with Crippen molar-refractivity contribution in [2.45, 2.75) is 25.6 Å². The van der Waals surface area contributed by atoms with Gasteiger partial charge in [-0.05, 0) is 47.9 Å². The summed E-state index contributed by atoms with van der Waals surface area (Å²) < 4.78 is 38.6. The lowest BCUT2D eigenvalue weighted by Gasteiger charge is -2.13. The zero-order valence-corrected chi connectivity index (χ0v) is 13.8. The summed E-state index contributed by atoms with van der Waals surface area (Å²) in [5, 5.41) is 11.2. The molecule has 26 heavy (non-hydrogen) atoms. The first-order valence-corrected chi connectivity index (χ1v) is 7.64. The normalized spacial score (nSPS) is 12.5. The number of hydrogen-bond donors (Lipinski definition) is 3. The van der Waals surface area contributed by atoms with Crippen LogP contribution < -0.4 is 11.1 Å². The van der Waals surface area contributed by atoms with Crippen molar-refractivity contribution < 1.29 is 27.9 Å². The first kappa shape index (κ1) is 19.5. The van der Waals surface area contributed by atoms with Gasteiger partial charge in [-0.3, -0.25) is 9.59 Å². The van der Waals surface area contributed by atoms with E-state index in [0.717, 1.165) is 12.1 Å². The minimum atomic E-state index is -4.43. The van der Waals surface area contributed by atoms with Gasteiger partial charge in [-0.15, -0.1) is 0 Å². The Kier molecular flexibility index (Phi) is 5.66. The molecule has 0 heterocycles. The molecule has 0 radical (unpaired) electrons. The maximum absolute atomic E-state index is 12.9. The molecule has 1 amide bonds. The molecule has 2 aromatic rings. The second-order valence-electron chi connectivity index (χ2n) is 5.81. The Bertz CT molecular complexity index is 835. The molecule has 0 fully saturated rings. The number of carbonyl (C=O) groups is 2. The van der Waals surface area contributed by atoms with Crippen molar-refractivity contribution in [2.75, 3.05) is 5.32 Å². The summed E-state index contributed by atoms with van der Waals surface area (Å²) in [5.41, 5.74) is 6.62. The van der Waals surface area contributed by atoms with E-state index in [0.29, 0.717) is 22.4 Å². The van der Waals surface area contributed by atoms with Gasteiger partial charge in [0.05, 0.1) is 12.0 Å². The Morgan fingerprint density at radius 1 is 1.19 bits per heavy atom. The van der Waals surface area contributed by atoms with Crippen LogP contribution in [0.1, 0.15) is 17.5 Å².